The number of piperidine rings is 1. The number of benzene rings is 2. The van der Waals surface area contributed by atoms with Crippen molar-refractivity contribution in [1.82, 2.24) is 9.80 Å². The highest BCUT2D eigenvalue weighted by molar-refractivity contribution is 5.72. The highest BCUT2D eigenvalue weighted by atomic mass is 16.6. The van der Waals surface area contributed by atoms with Crippen LogP contribution in [-0.2, 0) is 10.3 Å². The summed E-state index contributed by atoms with van der Waals surface area (Å²) in [5.41, 5.74) is 0.637. The predicted octanol–water partition coefficient (Wildman–Crippen LogP) is 3.63. The molecule has 6 nitrogen and oxygen atoms in total. The van der Waals surface area contributed by atoms with E-state index in [9.17, 15) is 9.59 Å². The zero-order valence-corrected chi connectivity index (χ0v) is 15.0. The Labute approximate surface area is 158 Å². The Morgan fingerprint density at radius 2 is 1.56 bits per heavy atom. The van der Waals surface area contributed by atoms with Crippen LogP contribution in [0.25, 0.3) is 0 Å². The summed E-state index contributed by atoms with van der Waals surface area (Å²) < 4.78 is 10.7. The molecule has 0 saturated carbocycles. The van der Waals surface area contributed by atoms with E-state index in [0.29, 0.717) is 44.8 Å². The first-order valence-electron chi connectivity index (χ1n) is 9.21. The number of ether oxygens (including phenoxy) is 2. The summed E-state index contributed by atoms with van der Waals surface area (Å²) in [6, 6.07) is 19.1. The van der Waals surface area contributed by atoms with Crippen LogP contribution in [0, 0.1) is 0 Å². The van der Waals surface area contributed by atoms with Gasteiger partial charge in [0.15, 0.2) is 0 Å². The highest BCUT2D eigenvalue weighted by Crippen LogP contribution is 2.40. The molecule has 0 radical (unpaired) electrons. The average molecular weight is 366 g/mol. The molecule has 0 aromatic heterocycles. The van der Waals surface area contributed by atoms with E-state index in [4.69, 9.17) is 9.47 Å². The summed E-state index contributed by atoms with van der Waals surface area (Å²) >= 11 is 0. The van der Waals surface area contributed by atoms with Gasteiger partial charge in [0.25, 0.3) is 0 Å². The molecule has 4 rings (SSSR count). The Hall–Kier alpha value is -3.02. The summed E-state index contributed by atoms with van der Waals surface area (Å²) in [5.74, 6) is 0.533. The summed E-state index contributed by atoms with van der Waals surface area (Å²) in [7, 11) is 0. The number of cyclic esters (lactones) is 1. The standard InChI is InChI=1S/C21H22N2O4/c24-19(27-18-9-5-2-6-10-18)22-13-11-21(12-14-22,17-7-3-1-4-8-17)23-15-16-26-20(23)25/h1-10H,11-16H2. The van der Waals surface area contributed by atoms with Gasteiger partial charge < -0.3 is 14.4 Å². The van der Waals surface area contributed by atoms with E-state index in [0.717, 1.165) is 5.56 Å². The molecule has 2 aliphatic rings. The average Bonchev–Trinajstić information content (AvgIpc) is 3.16. The van der Waals surface area contributed by atoms with Crippen molar-refractivity contribution in [3.8, 4) is 5.75 Å². The lowest BCUT2D eigenvalue weighted by molar-refractivity contribution is 0.0507. The molecule has 27 heavy (non-hydrogen) atoms. The van der Waals surface area contributed by atoms with Crippen LogP contribution in [0.5, 0.6) is 5.75 Å². The van der Waals surface area contributed by atoms with Crippen LogP contribution in [0.2, 0.25) is 0 Å². The number of amides is 2. The number of carbonyl (C=O) groups is 2. The number of hydrogen-bond donors (Lipinski definition) is 0. The maximum Gasteiger partial charge on any atom is 0.415 e. The normalized spacial score (nSPS) is 18.9. The van der Waals surface area contributed by atoms with Gasteiger partial charge in [-0.3, -0.25) is 4.90 Å². The van der Waals surface area contributed by atoms with Crippen LogP contribution in [0.1, 0.15) is 18.4 Å². The SMILES string of the molecule is O=C(Oc1ccccc1)N1CCC(c2ccccc2)(N2CCOC2=O)CC1. The largest absolute Gasteiger partial charge is 0.448 e. The fraction of sp³-hybridized carbons (Fsp3) is 0.333. The minimum Gasteiger partial charge on any atom is -0.448 e. The molecule has 2 aliphatic heterocycles. The maximum absolute atomic E-state index is 12.5. The molecule has 2 amide bonds. The first-order chi connectivity index (χ1) is 13.2. The van der Waals surface area contributed by atoms with E-state index in [2.05, 4.69) is 0 Å². The Morgan fingerprint density at radius 1 is 0.926 bits per heavy atom. The third-order valence-corrected chi connectivity index (χ3v) is 5.39. The topological polar surface area (TPSA) is 59.1 Å². The fourth-order valence-electron chi connectivity index (χ4n) is 3.96. The zero-order valence-electron chi connectivity index (χ0n) is 15.0. The van der Waals surface area contributed by atoms with E-state index >= 15 is 0 Å². The molecule has 0 N–H and O–H groups in total. The number of hydrogen-bond acceptors (Lipinski definition) is 4. The quantitative estimate of drug-likeness (QED) is 0.832. The van der Waals surface area contributed by atoms with E-state index in [1.807, 2.05) is 53.4 Å². The first-order valence-corrected chi connectivity index (χ1v) is 9.21. The zero-order chi connectivity index (χ0) is 18.7. The van der Waals surface area contributed by atoms with Gasteiger partial charge in [-0.25, -0.2) is 9.59 Å². The van der Waals surface area contributed by atoms with Gasteiger partial charge in [-0.05, 0) is 30.5 Å². The molecule has 2 saturated heterocycles. The van der Waals surface area contributed by atoms with Gasteiger partial charge >= 0.3 is 12.2 Å². The molecule has 0 unspecified atom stereocenters. The predicted molar refractivity (Wildman–Crippen MR) is 99.4 cm³/mol. The summed E-state index contributed by atoms with van der Waals surface area (Å²) in [4.78, 5) is 28.3. The number of para-hydroxylation sites is 1. The van der Waals surface area contributed by atoms with E-state index in [1.54, 1.807) is 17.0 Å². The Kier molecular flexibility index (Phi) is 4.71. The molecule has 0 spiro atoms. The van der Waals surface area contributed by atoms with Crippen molar-refractivity contribution < 1.29 is 19.1 Å². The van der Waals surface area contributed by atoms with E-state index in [1.165, 1.54) is 0 Å². The molecular weight excluding hydrogens is 344 g/mol. The van der Waals surface area contributed by atoms with Gasteiger partial charge in [0, 0.05) is 13.1 Å². The third kappa shape index (κ3) is 3.35. The van der Waals surface area contributed by atoms with Crippen molar-refractivity contribution in [1.29, 1.82) is 0 Å². The summed E-state index contributed by atoms with van der Waals surface area (Å²) in [6.45, 7) is 2.02. The van der Waals surface area contributed by atoms with E-state index < -0.39 is 5.54 Å². The Morgan fingerprint density at radius 3 is 2.15 bits per heavy atom. The molecule has 0 atom stereocenters. The van der Waals surface area contributed by atoms with Crippen molar-refractivity contribution in [2.45, 2.75) is 18.4 Å². The van der Waals surface area contributed by atoms with Gasteiger partial charge in [0.05, 0.1) is 12.1 Å². The fourth-order valence-corrected chi connectivity index (χ4v) is 3.96. The van der Waals surface area contributed by atoms with Gasteiger partial charge in [-0.1, -0.05) is 48.5 Å². The second-order valence-corrected chi connectivity index (χ2v) is 6.83. The first kappa shape index (κ1) is 17.4. The van der Waals surface area contributed by atoms with Crippen LogP contribution < -0.4 is 4.74 Å². The monoisotopic (exact) mass is 366 g/mol. The summed E-state index contributed by atoms with van der Waals surface area (Å²) in [6.07, 6.45) is 0.664. The molecule has 0 aliphatic carbocycles. The molecule has 2 aromatic carbocycles. The smallest absolute Gasteiger partial charge is 0.415 e. The maximum atomic E-state index is 12.5. The number of carbonyl (C=O) groups excluding carboxylic acids is 2. The van der Waals surface area contributed by atoms with Gasteiger partial charge in [0.1, 0.15) is 12.4 Å². The van der Waals surface area contributed by atoms with Gasteiger partial charge in [-0.15, -0.1) is 0 Å². The van der Waals surface area contributed by atoms with Crippen molar-refractivity contribution in [2.75, 3.05) is 26.2 Å². The van der Waals surface area contributed by atoms with Crippen molar-refractivity contribution in [2.24, 2.45) is 0 Å². The third-order valence-electron chi connectivity index (χ3n) is 5.39. The van der Waals surface area contributed by atoms with Crippen molar-refractivity contribution in [3.63, 3.8) is 0 Å². The van der Waals surface area contributed by atoms with Crippen LogP contribution in [0.3, 0.4) is 0 Å². The highest BCUT2D eigenvalue weighted by Gasteiger charge is 2.47. The molecular formula is C21H22N2O4. The second-order valence-electron chi connectivity index (χ2n) is 6.83. The lowest BCUT2D eigenvalue weighted by Crippen LogP contribution is -2.55. The lowest BCUT2D eigenvalue weighted by atomic mass is 9.79. The van der Waals surface area contributed by atoms with Crippen LogP contribution in [0.4, 0.5) is 9.59 Å². The Balaban J connectivity index is 1.51. The minimum atomic E-state index is -0.446. The Bertz CT molecular complexity index is 801. The van der Waals surface area contributed by atoms with Crippen LogP contribution in [0.15, 0.2) is 60.7 Å². The van der Waals surface area contributed by atoms with Crippen molar-refractivity contribution in [3.05, 3.63) is 66.2 Å². The number of likely N-dealkylation sites (tertiary alicyclic amines) is 1. The lowest BCUT2D eigenvalue weighted by Gasteiger charge is -2.46. The molecule has 2 heterocycles. The van der Waals surface area contributed by atoms with Gasteiger partial charge in [-0.2, -0.15) is 0 Å². The van der Waals surface area contributed by atoms with Crippen molar-refractivity contribution >= 4 is 12.2 Å². The van der Waals surface area contributed by atoms with Crippen LogP contribution in [-0.4, -0.2) is 48.2 Å². The van der Waals surface area contributed by atoms with Gasteiger partial charge in [0.2, 0.25) is 0 Å². The minimum absolute atomic E-state index is 0.279. The molecule has 2 aromatic rings. The number of rotatable bonds is 3. The molecule has 2 fully saturated rings. The number of nitrogens with zero attached hydrogens (tertiary/aromatic N) is 2. The molecule has 0 bridgehead atoms. The summed E-state index contributed by atoms with van der Waals surface area (Å²) in [5, 5.41) is 0. The van der Waals surface area contributed by atoms with Crippen LogP contribution >= 0.6 is 0 Å². The van der Waals surface area contributed by atoms with E-state index in [-0.39, 0.29) is 12.2 Å². The molecule has 140 valence electrons. The second kappa shape index (κ2) is 7.31. The molecule has 6 heteroatoms.